The molecule has 0 spiro atoms. The van der Waals surface area contributed by atoms with Crippen LogP contribution in [-0.2, 0) is 0 Å². The maximum atomic E-state index is 10.0. The summed E-state index contributed by atoms with van der Waals surface area (Å²) in [5.41, 5.74) is 0.135. The molecule has 0 saturated carbocycles. The van der Waals surface area contributed by atoms with Crippen LogP contribution >= 0.6 is 11.1 Å². The number of aromatic nitrogens is 2. The lowest BCUT2D eigenvalue weighted by atomic mass is 10.2. The molecule has 1 aliphatic heterocycles. The molecule has 18 heavy (non-hydrogen) atoms. The Morgan fingerprint density at radius 1 is 1.33 bits per heavy atom. The van der Waals surface area contributed by atoms with E-state index in [1.165, 1.54) is 0 Å². The maximum absolute atomic E-state index is 10.0. The lowest BCUT2D eigenvalue weighted by molar-refractivity contribution is 0.316. The first kappa shape index (κ1) is 11.1. The number of hydrogen-bond donors (Lipinski definition) is 2. The first-order chi connectivity index (χ1) is 8.81. The summed E-state index contributed by atoms with van der Waals surface area (Å²) < 4.78 is 1.86. The van der Waals surface area contributed by atoms with E-state index in [0.717, 1.165) is 16.4 Å². The molecule has 0 bridgehead atoms. The highest BCUT2D eigenvalue weighted by molar-refractivity contribution is 8.30. The number of imidazole rings is 1. The summed E-state index contributed by atoms with van der Waals surface area (Å²) in [6, 6.07) is 9.77. The van der Waals surface area contributed by atoms with Gasteiger partial charge in [0.2, 0.25) is 0 Å². The summed E-state index contributed by atoms with van der Waals surface area (Å²) in [7, 11) is 0. The Balaban J connectivity index is 2.10. The van der Waals surface area contributed by atoms with Gasteiger partial charge >= 0.3 is 0 Å². The van der Waals surface area contributed by atoms with E-state index in [0.29, 0.717) is 0 Å². The van der Waals surface area contributed by atoms with Crippen LogP contribution < -0.4 is 0 Å². The third-order valence-corrected chi connectivity index (χ3v) is 4.86. The van der Waals surface area contributed by atoms with E-state index in [1.807, 2.05) is 34.3 Å². The van der Waals surface area contributed by atoms with Crippen molar-refractivity contribution in [2.45, 2.75) is 5.44 Å². The minimum absolute atomic E-state index is 0.745. The highest BCUT2D eigenvalue weighted by Crippen LogP contribution is 2.45. The summed E-state index contributed by atoms with van der Waals surface area (Å²) in [6.45, 7) is 0. The molecule has 1 N–H and O–H groups in total. The van der Waals surface area contributed by atoms with Gasteiger partial charge in [-0.25, -0.2) is 9.98 Å². The minimum Gasteiger partial charge on any atom is -0.371 e. The Morgan fingerprint density at radius 2 is 2.11 bits per heavy atom. The molecule has 0 saturated heterocycles. The van der Waals surface area contributed by atoms with Gasteiger partial charge in [0.15, 0.2) is 11.3 Å². The number of nitrogens with zero attached hydrogens (tertiary/aromatic N) is 3. The summed E-state index contributed by atoms with van der Waals surface area (Å²) >= 11 is -1.10. The second-order valence-electron chi connectivity index (χ2n) is 3.78. The van der Waals surface area contributed by atoms with Gasteiger partial charge in [0.25, 0.3) is 0 Å². The molecule has 3 rings (SSSR count). The van der Waals surface area contributed by atoms with Crippen LogP contribution in [0.2, 0.25) is 0 Å². The van der Waals surface area contributed by atoms with E-state index < -0.39 is 16.5 Å². The van der Waals surface area contributed by atoms with E-state index in [-0.39, 0.29) is 0 Å². The standard InChI is InChI=1S/C13H11N3OS/c1-2-12(17)18-13(10-6-4-3-5-7-10)15-11-8-14-9-16(11)18/h1,3-9,12,17-18H. The summed E-state index contributed by atoms with van der Waals surface area (Å²) in [4.78, 5) is 8.55. The fourth-order valence-electron chi connectivity index (χ4n) is 1.88. The Labute approximate surface area is 107 Å². The first-order valence-corrected chi connectivity index (χ1v) is 6.78. The lowest BCUT2D eigenvalue weighted by Crippen LogP contribution is -2.15. The van der Waals surface area contributed by atoms with Crippen LogP contribution in [0, 0.1) is 12.3 Å². The Kier molecular flexibility index (Phi) is 2.67. The van der Waals surface area contributed by atoms with E-state index in [1.54, 1.807) is 12.5 Å². The molecule has 1 aromatic heterocycles. The molecule has 0 radical (unpaired) electrons. The largest absolute Gasteiger partial charge is 0.371 e. The van der Waals surface area contributed by atoms with E-state index >= 15 is 0 Å². The van der Waals surface area contributed by atoms with Crippen LogP contribution in [0.5, 0.6) is 0 Å². The maximum Gasteiger partial charge on any atom is 0.164 e. The van der Waals surface area contributed by atoms with Crippen molar-refractivity contribution >= 4 is 21.9 Å². The molecule has 2 aromatic rings. The number of rotatable bonds is 2. The average Bonchev–Trinajstić information content (AvgIpc) is 2.98. The monoisotopic (exact) mass is 257 g/mol. The molecule has 1 aromatic carbocycles. The van der Waals surface area contributed by atoms with Gasteiger partial charge < -0.3 is 5.11 Å². The van der Waals surface area contributed by atoms with Crippen molar-refractivity contribution in [2.24, 2.45) is 4.99 Å². The number of terminal acetylenes is 1. The Bertz CT molecular complexity index is 642. The minimum atomic E-state index is -1.10. The van der Waals surface area contributed by atoms with Crippen molar-refractivity contribution in [1.82, 2.24) is 8.96 Å². The number of fused-ring (bicyclic) bond motifs is 1. The van der Waals surface area contributed by atoms with Crippen molar-refractivity contribution in [3.05, 3.63) is 48.4 Å². The topological polar surface area (TPSA) is 50.4 Å². The molecule has 5 heteroatoms. The lowest BCUT2D eigenvalue weighted by Gasteiger charge is -2.22. The van der Waals surface area contributed by atoms with Gasteiger partial charge in [-0.1, -0.05) is 47.3 Å². The molecular formula is C13H11N3OS. The quantitative estimate of drug-likeness (QED) is 0.635. The molecule has 0 fully saturated rings. The fourth-order valence-corrected chi connectivity index (χ4v) is 3.80. The fraction of sp³-hybridized carbons (Fsp3) is 0.0769. The van der Waals surface area contributed by atoms with Crippen molar-refractivity contribution in [3.63, 3.8) is 0 Å². The van der Waals surface area contributed by atoms with Gasteiger partial charge in [-0.3, -0.25) is 3.97 Å². The normalized spacial score (nSPS) is 20.9. The van der Waals surface area contributed by atoms with Crippen LogP contribution in [0.1, 0.15) is 5.56 Å². The van der Waals surface area contributed by atoms with Crippen LogP contribution in [0.15, 0.2) is 47.8 Å². The molecule has 2 atom stereocenters. The highest BCUT2D eigenvalue weighted by atomic mass is 32.2. The number of benzene rings is 1. The summed E-state index contributed by atoms with van der Waals surface area (Å²) in [5.74, 6) is 3.14. The van der Waals surface area contributed by atoms with Crippen molar-refractivity contribution in [2.75, 3.05) is 0 Å². The molecule has 1 aliphatic rings. The molecule has 2 unspecified atom stereocenters. The van der Waals surface area contributed by atoms with Crippen molar-refractivity contribution in [3.8, 4) is 12.3 Å². The summed E-state index contributed by atoms with van der Waals surface area (Å²) in [6.07, 6.45) is 8.69. The first-order valence-electron chi connectivity index (χ1n) is 5.41. The van der Waals surface area contributed by atoms with E-state index in [2.05, 4.69) is 15.9 Å². The van der Waals surface area contributed by atoms with Crippen molar-refractivity contribution in [1.29, 1.82) is 0 Å². The molecule has 2 heterocycles. The zero-order valence-corrected chi connectivity index (χ0v) is 10.3. The third-order valence-electron chi connectivity index (χ3n) is 2.68. The van der Waals surface area contributed by atoms with Crippen LogP contribution in [0.25, 0.3) is 0 Å². The van der Waals surface area contributed by atoms with Gasteiger partial charge in [0.05, 0.1) is 6.20 Å². The second kappa shape index (κ2) is 4.33. The zero-order valence-electron chi connectivity index (χ0n) is 9.43. The van der Waals surface area contributed by atoms with Gasteiger partial charge in [0, 0.05) is 5.56 Å². The Morgan fingerprint density at radius 3 is 2.83 bits per heavy atom. The van der Waals surface area contributed by atoms with Crippen LogP contribution in [0.4, 0.5) is 5.82 Å². The van der Waals surface area contributed by atoms with Crippen LogP contribution in [-0.4, -0.2) is 24.5 Å². The third kappa shape index (κ3) is 1.63. The zero-order chi connectivity index (χ0) is 12.5. The Hall–Kier alpha value is -2.03. The smallest absolute Gasteiger partial charge is 0.164 e. The SMILES string of the molecule is C#CC(O)[SH]1C(c2ccccc2)=Nc2cncn21. The van der Waals surface area contributed by atoms with Crippen molar-refractivity contribution < 1.29 is 5.11 Å². The predicted octanol–water partition coefficient (Wildman–Crippen LogP) is 1.69. The summed E-state index contributed by atoms with van der Waals surface area (Å²) in [5, 5.41) is 10.9. The van der Waals surface area contributed by atoms with E-state index in [9.17, 15) is 5.11 Å². The molecule has 0 amide bonds. The molecular weight excluding hydrogens is 246 g/mol. The van der Waals surface area contributed by atoms with Gasteiger partial charge in [-0.2, -0.15) is 0 Å². The second-order valence-corrected chi connectivity index (χ2v) is 5.82. The van der Waals surface area contributed by atoms with E-state index in [4.69, 9.17) is 6.42 Å². The highest BCUT2D eigenvalue weighted by Gasteiger charge is 2.29. The number of hydrogen-bond acceptors (Lipinski definition) is 3. The predicted molar refractivity (Wildman–Crippen MR) is 74.1 cm³/mol. The number of aliphatic hydroxyl groups is 1. The van der Waals surface area contributed by atoms with Gasteiger partial charge in [-0.15, -0.1) is 6.42 Å². The average molecular weight is 257 g/mol. The molecule has 90 valence electrons. The number of thiol groups is 1. The van der Waals surface area contributed by atoms with Gasteiger partial charge in [0.1, 0.15) is 11.4 Å². The van der Waals surface area contributed by atoms with Gasteiger partial charge in [-0.05, 0) is 0 Å². The molecule has 0 aliphatic carbocycles. The number of aliphatic hydroxyl groups excluding tert-OH is 1. The van der Waals surface area contributed by atoms with Crippen LogP contribution in [0.3, 0.4) is 0 Å². The number of aliphatic imine (C=N–C) groups is 1. The molecule has 4 nitrogen and oxygen atoms in total.